The molecule has 0 bridgehead atoms. The Bertz CT molecular complexity index is 426. The van der Waals surface area contributed by atoms with Crippen molar-refractivity contribution >= 4 is 5.91 Å². The molecule has 1 heterocycles. The Labute approximate surface area is 107 Å². The van der Waals surface area contributed by atoms with Gasteiger partial charge in [-0.3, -0.25) is 4.79 Å². The molecule has 1 amide bonds. The molecule has 2 rings (SSSR count). The smallest absolute Gasteiger partial charge is 0.227 e. The molecule has 1 aliphatic heterocycles. The van der Waals surface area contributed by atoms with Crippen molar-refractivity contribution in [2.45, 2.75) is 32.5 Å². The van der Waals surface area contributed by atoms with E-state index in [0.717, 1.165) is 0 Å². The van der Waals surface area contributed by atoms with Gasteiger partial charge in [0.25, 0.3) is 0 Å². The molecule has 0 spiro atoms. The number of benzene rings is 1. The van der Waals surface area contributed by atoms with Crippen molar-refractivity contribution in [3.05, 3.63) is 35.6 Å². The minimum atomic E-state index is -0.319. The van der Waals surface area contributed by atoms with E-state index in [1.165, 1.54) is 6.07 Å². The van der Waals surface area contributed by atoms with Gasteiger partial charge in [0.15, 0.2) is 0 Å². The fourth-order valence-electron chi connectivity index (χ4n) is 2.30. The SMILES string of the molecule is CC1CN(C(=O)Cc2ccccc2F)CC(C)O1. The maximum absolute atomic E-state index is 13.5. The number of amides is 1. The molecule has 0 aliphatic carbocycles. The van der Waals surface area contributed by atoms with E-state index in [2.05, 4.69) is 0 Å². The summed E-state index contributed by atoms with van der Waals surface area (Å²) in [6, 6.07) is 6.41. The Morgan fingerprint density at radius 3 is 2.56 bits per heavy atom. The second kappa shape index (κ2) is 5.48. The summed E-state index contributed by atoms with van der Waals surface area (Å²) in [4.78, 5) is 13.9. The molecule has 3 nitrogen and oxygen atoms in total. The second-order valence-electron chi connectivity index (χ2n) is 4.82. The number of hydrogen-bond acceptors (Lipinski definition) is 2. The molecule has 1 aliphatic rings. The summed E-state index contributed by atoms with van der Waals surface area (Å²) in [6.45, 7) is 5.05. The number of rotatable bonds is 2. The molecule has 0 aromatic heterocycles. The van der Waals surface area contributed by atoms with E-state index in [1.54, 1.807) is 23.1 Å². The van der Waals surface area contributed by atoms with Crippen LogP contribution in [0.3, 0.4) is 0 Å². The van der Waals surface area contributed by atoms with Gasteiger partial charge in [0, 0.05) is 13.1 Å². The fraction of sp³-hybridized carbons (Fsp3) is 0.500. The lowest BCUT2D eigenvalue weighted by Gasteiger charge is -2.35. The van der Waals surface area contributed by atoms with Gasteiger partial charge in [0.05, 0.1) is 18.6 Å². The van der Waals surface area contributed by atoms with Crippen LogP contribution in [0.2, 0.25) is 0 Å². The van der Waals surface area contributed by atoms with Crippen molar-refractivity contribution in [2.24, 2.45) is 0 Å². The highest BCUT2D eigenvalue weighted by Crippen LogP contribution is 2.14. The molecule has 0 N–H and O–H groups in total. The molecule has 1 aromatic carbocycles. The topological polar surface area (TPSA) is 29.5 Å². The van der Waals surface area contributed by atoms with E-state index < -0.39 is 0 Å². The molecule has 2 unspecified atom stereocenters. The first-order valence-corrected chi connectivity index (χ1v) is 6.23. The lowest BCUT2D eigenvalue weighted by Crippen LogP contribution is -2.48. The minimum absolute atomic E-state index is 0.0397. The van der Waals surface area contributed by atoms with Gasteiger partial charge in [0.1, 0.15) is 5.82 Å². The largest absolute Gasteiger partial charge is 0.372 e. The molecule has 4 heteroatoms. The van der Waals surface area contributed by atoms with Crippen LogP contribution in [0.15, 0.2) is 24.3 Å². The third-order valence-corrected chi connectivity index (χ3v) is 3.07. The van der Waals surface area contributed by atoms with E-state index in [0.29, 0.717) is 18.7 Å². The van der Waals surface area contributed by atoms with Gasteiger partial charge in [-0.2, -0.15) is 0 Å². The molecule has 18 heavy (non-hydrogen) atoms. The standard InChI is InChI=1S/C14H18FNO2/c1-10-8-16(9-11(2)18-10)14(17)7-12-5-3-4-6-13(12)15/h3-6,10-11H,7-9H2,1-2H3. The average molecular weight is 251 g/mol. The molecule has 98 valence electrons. The van der Waals surface area contributed by atoms with Gasteiger partial charge in [-0.1, -0.05) is 18.2 Å². The molecular formula is C14H18FNO2. The Morgan fingerprint density at radius 2 is 1.94 bits per heavy atom. The Balaban J connectivity index is 2.02. The van der Waals surface area contributed by atoms with E-state index in [9.17, 15) is 9.18 Å². The molecule has 1 fully saturated rings. The van der Waals surface area contributed by atoms with Crippen molar-refractivity contribution in [3.8, 4) is 0 Å². The summed E-state index contributed by atoms with van der Waals surface area (Å²) in [7, 11) is 0. The lowest BCUT2D eigenvalue weighted by atomic mass is 10.1. The van der Waals surface area contributed by atoms with Gasteiger partial charge >= 0.3 is 0 Å². The summed E-state index contributed by atoms with van der Waals surface area (Å²) in [5, 5.41) is 0. The van der Waals surface area contributed by atoms with Crippen LogP contribution in [0, 0.1) is 5.82 Å². The minimum Gasteiger partial charge on any atom is -0.372 e. The van der Waals surface area contributed by atoms with Crippen LogP contribution in [-0.2, 0) is 16.0 Å². The Kier molecular flexibility index (Phi) is 3.97. The zero-order chi connectivity index (χ0) is 13.1. The van der Waals surface area contributed by atoms with E-state index in [1.807, 2.05) is 13.8 Å². The van der Waals surface area contributed by atoms with Crippen LogP contribution >= 0.6 is 0 Å². The highest BCUT2D eigenvalue weighted by Gasteiger charge is 2.26. The van der Waals surface area contributed by atoms with Crippen LogP contribution in [0.4, 0.5) is 4.39 Å². The van der Waals surface area contributed by atoms with Gasteiger partial charge in [-0.05, 0) is 25.5 Å². The third kappa shape index (κ3) is 3.07. The van der Waals surface area contributed by atoms with E-state index in [4.69, 9.17) is 4.74 Å². The number of halogens is 1. The van der Waals surface area contributed by atoms with Crippen LogP contribution in [0.1, 0.15) is 19.4 Å². The first kappa shape index (κ1) is 13.0. The van der Waals surface area contributed by atoms with Crippen LogP contribution in [0.5, 0.6) is 0 Å². The first-order valence-electron chi connectivity index (χ1n) is 6.23. The first-order chi connectivity index (χ1) is 8.56. The predicted octanol–water partition coefficient (Wildman–Crippen LogP) is 2.00. The quantitative estimate of drug-likeness (QED) is 0.804. The molecule has 2 atom stereocenters. The normalized spacial score (nSPS) is 24.1. The zero-order valence-electron chi connectivity index (χ0n) is 10.7. The van der Waals surface area contributed by atoms with Crippen molar-refractivity contribution in [1.82, 2.24) is 4.90 Å². The number of ether oxygens (including phenoxy) is 1. The lowest BCUT2D eigenvalue weighted by molar-refractivity contribution is -0.142. The average Bonchev–Trinajstić information content (AvgIpc) is 2.31. The van der Waals surface area contributed by atoms with Gasteiger partial charge < -0.3 is 9.64 Å². The monoisotopic (exact) mass is 251 g/mol. The van der Waals surface area contributed by atoms with Gasteiger partial charge in [-0.25, -0.2) is 4.39 Å². The van der Waals surface area contributed by atoms with Crippen molar-refractivity contribution in [1.29, 1.82) is 0 Å². The molecule has 0 saturated carbocycles. The van der Waals surface area contributed by atoms with Crippen molar-refractivity contribution in [2.75, 3.05) is 13.1 Å². The van der Waals surface area contributed by atoms with Crippen LogP contribution in [0.25, 0.3) is 0 Å². The highest BCUT2D eigenvalue weighted by atomic mass is 19.1. The van der Waals surface area contributed by atoms with Gasteiger partial charge in [0.2, 0.25) is 5.91 Å². The summed E-state index contributed by atoms with van der Waals surface area (Å²) >= 11 is 0. The zero-order valence-corrected chi connectivity index (χ0v) is 10.7. The van der Waals surface area contributed by atoms with Crippen molar-refractivity contribution in [3.63, 3.8) is 0 Å². The highest BCUT2D eigenvalue weighted by molar-refractivity contribution is 5.79. The van der Waals surface area contributed by atoms with Crippen LogP contribution in [-0.4, -0.2) is 36.1 Å². The predicted molar refractivity (Wildman–Crippen MR) is 66.7 cm³/mol. The number of carbonyl (C=O) groups is 1. The second-order valence-corrected chi connectivity index (χ2v) is 4.82. The number of hydrogen-bond donors (Lipinski definition) is 0. The fourth-order valence-corrected chi connectivity index (χ4v) is 2.30. The Morgan fingerprint density at radius 1 is 1.33 bits per heavy atom. The van der Waals surface area contributed by atoms with E-state index >= 15 is 0 Å². The molecule has 0 radical (unpaired) electrons. The summed E-state index contributed by atoms with van der Waals surface area (Å²) < 4.78 is 19.0. The molecular weight excluding hydrogens is 233 g/mol. The maximum atomic E-state index is 13.5. The summed E-state index contributed by atoms with van der Waals surface area (Å²) in [5.74, 6) is -0.359. The summed E-state index contributed by atoms with van der Waals surface area (Å²) in [6.07, 6.45) is 0.197. The number of nitrogens with zero attached hydrogens (tertiary/aromatic N) is 1. The van der Waals surface area contributed by atoms with Crippen molar-refractivity contribution < 1.29 is 13.9 Å². The number of carbonyl (C=O) groups excluding carboxylic acids is 1. The van der Waals surface area contributed by atoms with Crippen LogP contribution < -0.4 is 0 Å². The molecule has 1 saturated heterocycles. The van der Waals surface area contributed by atoms with E-state index in [-0.39, 0.29) is 30.4 Å². The Hall–Kier alpha value is -1.42. The summed E-state index contributed by atoms with van der Waals surface area (Å²) in [5.41, 5.74) is 0.453. The van der Waals surface area contributed by atoms with Gasteiger partial charge in [-0.15, -0.1) is 0 Å². The maximum Gasteiger partial charge on any atom is 0.227 e. The third-order valence-electron chi connectivity index (χ3n) is 3.07. The number of morpholine rings is 1. The molecule has 1 aromatic rings.